The molecule has 7 heteroatoms. The molecule has 1 aliphatic rings. The summed E-state index contributed by atoms with van der Waals surface area (Å²) in [6.07, 6.45) is 0. The second-order valence-corrected chi connectivity index (χ2v) is 4.34. The molecule has 0 radical (unpaired) electrons. The maximum absolute atomic E-state index is 11.5. The van der Waals surface area contributed by atoms with Crippen molar-refractivity contribution in [2.75, 3.05) is 6.54 Å². The minimum atomic E-state index is -1.16. The van der Waals surface area contributed by atoms with Crippen LogP contribution in [0.3, 0.4) is 0 Å². The van der Waals surface area contributed by atoms with Gasteiger partial charge >= 0.3 is 12.0 Å². The number of carbonyl (C=O) groups excluding carboxylic acids is 2. The van der Waals surface area contributed by atoms with E-state index < -0.39 is 17.9 Å². The monoisotopic (exact) mass is 274 g/mol. The van der Waals surface area contributed by atoms with Gasteiger partial charge in [-0.2, -0.15) is 0 Å². The lowest BCUT2D eigenvalue weighted by molar-refractivity contribution is -0.125. The van der Waals surface area contributed by atoms with E-state index >= 15 is 0 Å². The fourth-order valence-corrected chi connectivity index (χ4v) is 2.20. The van der Waals surface area contributed by atoms with Crippen molar-refractivity contribution in [3.05, 3.63) is 35.6 Å². The second-order valence-electron chi connectivity index (χ2n) is 4.34. The third-order valence-electron chi connectivity index (χ3n) is 3.12. The van der Waals surface area contributed by atoms with Gasteiger partial charge in [-0.1, -0.05) is 18.2 Å². The van der Waals surface area contributed by atoms with E-state index in [0.29, 0.717) is 11.0 Å². The molecule has 0 saturated carbocycles. The van der Waals surface area contributed by atoms with Crippen molar-refractivity contribution >= 4 is 28.9 Å². The number of urea groups is 1. The Morgan fingerprint density at radius 2 is 2.10 bits per heavy atom. The molecule has 0 unspecified atom stereocenters. The average Bonchev–Trinajstić information content (AvgIpc) is 2.93. The highest BCUT2D eigenvalue weighted by Gasteiger charge is 2.31. The number of nitrogens with one attached hydrogen (secondary N) is 1. The van der Waals surface area contributed by atoms with Crippen molar-refractivity contribution < 1.29 is 23.9 Å². The first-order chi connectivity index (χ1) is 9.58. The van der Waals surface area contributed by atoms with Gasteiger partial charge in [0.2, 0.25) is 5.91 Å². The van der Waals surface area contributed by atoms with Crippen molar-refractivity contribution in [3.8, 4) is 0 Å². The number of hydrogen-bond acceptors (Lipinski definition) is 4. The van der Waals surface area contributed by atoms with Crippen molar-refractivity contribution in [1.29, 1.82) is 0 Å². The van der Waals surface area contributed by atoms with Gasteiger partial charge in [0, 0.05) is 5.39 Å². The molecule has 7 nitrogen and oxygen atoms in total. The average molecular weight is 274 g/mol. The van der Waals surface area contributed by atoms with E-state index in [1.54, 1.807) is 24.3 Å². The fourth-order valence-electron chi connectivity index (χ4n) is 2.20. The number of fused-ring (bicyclic) bond motifs is 1. The number of rotatable bonds is 3. The number of amides is 3. The van der Waals surface area contributed by atoms with Crippen molar-refractivity contribution in [2.24, 2.45) is 0 Å². The number of nitrogens with zero attached hydrogens (tertiary/aromatic N) is 1. The summed E-state index contributed by atoms with van der Waals surface area (Å²) >= 11 is 0. The Hall–Kier alpha value is -2.83. The smallest absolute Gasteiger partial charge is 0.339 e. The Morgan fingerprint density at radius 1 is 1.35 bits per heavy atom. The SMILES string of the molecule is O=C(O)c1c(CN2C(=O)CNC2=O)oc2ccccc12. The van der Waals surface area contributed by atoms with Crippen LogP contribution in [0.15, 0.2) is 28.7 Å². The van der Waals surface area contributed by atoms with Crippen LogP contribution in [0.5, 0.6) is 0 Å². The first kappa shape index (κ1) is 12.2. The van der Waals surface area contributed by atoms with Crippen LogP contribution in [0, 0.1) is 0 Å². The molecule has 0 bridgehead atoms. The van der Waals surface area contributed by atoms with Gasteiger partial charge in [0.05, 0.1) is 13.1 Å². The maximum atomic E-state index is 11.5. The second kappa shape index (κ2) is 4.37. The molecular formula is C13H10N2O5. The van der Waals surface area contributed by atoms with Crippen LogP contribution in [-0.2, 0) is 11.3 Å². The van der Waals surface area contributed by atoms with Crippen LogP contribution >= 0.6 is 0 Å². The zero-order chi connectivity index (χ0) is 14.3. The largest absolute Gasteiger partial charge is 0.478 e. The number of benzene rings is 1. The van der Waals surface area contributed by atoms with Gasteiger partial charge in [-0.05, 0) is 6.07 Å². The number of imide groups is 1. The molecule has 0 aliphatic carbocycles. The summed E-state index contributed by atoms with van der Waals surface area (Å²) in [5.41, 5.74) is 0.389. The van der Waals surface area contributed by atoms with E-state index in [-0.39, 0.29) is 24.4 Å². The third-order valence-corrected chi connectivity index (χ3v) is 3.12. The number of carboxylic acids is 1. The summed E-state index contributed by atoms with van der Waals surface area (Å²) in [6.45, 7) is -0.275. The Kier molecular flexibility index (Phi) is 2.67. The van der Waals surface area contributed by atoms with Gasteiger partial charge in [0.15, 0.2) is 0 Å². The first-order valence-electron chi connectivity index (χ1n) is 5.90. The van der Waals surface area contributed by atoms with E-state index in [1.165, 1.54) is 0 Å². The quantitative estimate of drug-likeness (QED) is 0.819. The predicted octanol–water partition coefficient (Wildman–Crippen LogP) is 1.18. The molecule has 1 fully saturated rings. The summed E-state index contributed by atoms with van der Waals surface area (Å²) in [7, 11) is 0. The predicted molar refractivity (Wildman–Crippen MR) is 67.1 cm³/mol. The Balaban J connectivity index is 2.07. The summed E-state index contributed by atoms with van der Waals surface area (Å²) in [5, 5.41) is 12.1. The first-order valence-corrected chi connectivity index (χ1v) is 5.90. The van der Waals surface area contributed by atoms with Gasteiger partial charge in [-0.3, -0.25) is 9.69 Å². The summed E-state index contributed by atoms with van der Waals surface area (Å²) in [4.78, 5) is 35.3. The third kappa shape index (κ3) is 1.80. The number of hydrogen-bond donors (Lipinski definition) is 2. The lowest BCUT2D eigenvalue weighted by Gasteiger charge is -2.10. The molecule has 2 N–H and O–H groups in total. The fraction of sp³-hybridized carbons (Fsp3) is 0.154. The molecule has 20 heavy (non-hydrogen) atoms. The molecule has 3 amide bonds. The highest BCUT2D eigenvalue weighted by Crippen LogP contribution is 2.27. The standard InChI is InChI=1S/C13H10N2O5/c16-10-5-14-13(19)15(10)6-9-11(12(17)18)7-3-1-2-4-8(7)20-9/h1-4H,5-6H2,(H,14,19)(H,17,18). The summed E-state index contributed by atoms with van der Waals surface area (Å²) in [6, 6.07) is 6.12. The van der Waals surface area contributed by atoms with Crippen LogP contribution in [0.25, 0.3) is 11.0 Å². The summed E-state index contributed by atoms with van der Waals surface area (Å²) < 4.78 is 5.46. The maximum Gasteiger partial charge on any atom is 0.339 e. The van der Waals surface area contributed by atoms with Crippen LogP contribution in [0.4, 0.5) is 4.79 Å². The van der Waals surface area contributed by atoms with Crippen LogP contribution in [-0.4, -0.2) is 34.5 Å². The lowest BCUT2D eigenvalue weighted by Crippen LogP contribution is -2.30. The molecule has 2 heterocycles. The van der Waals surface area contributed by atoms with Crippen LogP contribution < -0.4 is 5.32 Å². The highest BCUT2D eigenvalue weighted by molar-refractivity contribution is 6.05. The number of para-hydroxylation sites is 1. The minimum Gasteiger partial charge on any atom is -0.478 e. The molecular weight excluding hydrogens is 264 g/mol. The molecule has 0 atom stereocenters. The van der Waals surface area contributed by atoms with E-state index in [1.807, 2.05) is 0 Å². The van der Waals surface area contributed by atoms with E-state index in [0.717, 1.165) is 4.90 Å². The topological polar surface area (TPSA) is 99.9 Å². The van der Waals surface area contributed by atoms with Gasteiger partial charge in [0.1, 0.15) is 16.9 Å². The molecule has 1 aromatic heterocycles. The van der Waals surface area contributed by atoms with Crippen LogP contribution in [0.2, 0.25) is 0 Å². The Bertz CT molecular complexity index is 717. The van der Waals surface area contributed by atoms with Crippen LogP contribution in [0.1, 0.15) is 16.1 Å². The van der Waals surface area contributed by atoms with Crippen molar-refractivity contribution in [1.82, 2.24) is 10.2 Å². The van der Waals surface area contributed by atoms with Gasteiger partial charge in [-0.25, -0.2) is 9.59 Å². The molecule has 102 valence electrons. The number of carboxylic acid groups (broad SMARTS) is 1. The number of aromatic carboxylic acids is 1. The molecule has 0 spiro atoms. The molecule has 1 aromatic carbocycles. The summed E-state index contributed by atoms with van der Waals surface area (Å²) in [5.74, 6) is -1.48. The number of furan rings is 1. The van der Waals surface area contributed by atoms with E-state index in [4.69, 9.17) is 4.42 Å². The van der Waals surface area contributed by atoms with Gasteiger partial charge < -0.3 is 14.8 Å². The molecule has 1 aliphatic heterocycles. The normalized spacial score (nSPS) is 14.9. The van der Waals surface area contributed by atoms with Gasteiger partial charge in [0.25, 0.3) is 0 Å². The molecule has 1 saturated heterocycles. The van der Waals surface area contributed by atoms with E-state index in [2.05, 4.69) is 5.32 Å². The lowest BCUT2D eigenvalue weighted by atomic mass is 10.1. The minimum absolute atomic E-state index is 0.0203. The van der Waals surface area contributed by atoms with Gasteiger partial charge in [-0.15, -0.1) is 0 Å². The Morgan fingerprint density at radius 3 is 2.75 bits per heavy atom. The highest BCUT2D eigenvalue weighted by atomic mass is 16.4. The van der Waals surface area contributed by atoms with Crippen molar-refractivity contribution in [3.63, 3.8) is 0 Å². The number of carbonyl (C=O) groups is 3. The van der Waals surface area contributed by atoms with E-state index in [9.17, 15) is 19.5 Å². The molecule has 3 rings (SSSR count). The Labute approximate surface area is 112 Å². The zero-order valence-corrected chi connectivity index (χ0v) is 10.3. The molecule has 2 aromatic rings. The van der Waals surface area contributed by atoms with Crippen molar-refractivity contribution in [2.45, 2.75) is 6.54 Å². The zero-order valence-electron chi connectivity index (χ0n) is 10.3.